The maximum atomic E-state index is 13.2. The Morgan fingerprint density at radius 3 is 2.57 bits per heavy atom. The molecule has 6 heteroatoms. The lowest BCUT2D eigenvalue weighted by Crippen LogP contribution is -2.26. The monoisotopic (exact) mass is 309 g/mol. The van der Waals surface area contributed by atoms with Gasteiger partial charge in [0.15, 0.2) is 0 Å². The molecule has 112 valence electrons. The van der Waals surface area contributed by atoms with Crippen molar-refractivity contribution >= 4 is 10.0 Å². The molecule has 2 aromatic rings. The Labute approximate surface area is 123 Å². The topological polar surface area (TPSA) is 66.4 Å². The summed E-state index contributed by atoms with van der Waals surface area (Å²) in [5, 5.41) is 9.61. The molecule has 21 heavy (non-hydrogen) atoms. The van der Waals surface area contributed by atoms with Crippen LogP contribution in [-0.2, 0) is 16.4 Å². The van der Waals surface area contributed by atoms with Crippen LogP contribution in [0.1, 0.15) is 11.1 Å². The first-order chi connectivity index (χ1) is 9.90. The highest BCUT2D eigenvalue weighted by Gasteiger charge is 2.14. The van der Waals surface area contributed by atoms with Crippen LogP contribution in [0.3, 0.4) is 0 Å². The quantitative estimate of drug-likeness (QED) is 0.891. The molecule has 0 saturated carbocycles. The second-order valence-electron chi connectivity index (χ2n) is 4.69. The van der Waals surface area contributed by atoms with Gasteiger partial charge in [-0.2, -0.15) is 0 Å². The Bertz CT molecular complexity index is 744. The number of sulfonamides is 1. The van der Waals surface area contributed by atoms with Gasteiger partial charge in [0.2, 0.25) is 10.0 Å². The summed E-state index contributed by atoms with van der Waals surface area (Å²) in [5.74, 6) is -0.308. The molecule has 0 spiro atoms. The summed E-state index contributed by atoms with van der Waals surface area (Å²) in [6.07, 6.45) is 0.367. The summed E-state index contributed by atoms with van der Waals surface area (Å²) in [7, 11) is -3.68. The highest BCUT2D eigenvalue weighted by molar-refractivity contribution is 7.89. The van der Waals surface area contributed by atoms with Crippen molar-refractivity contribution < 1.29 is 17.9 Å². The minimum Gasteiger partial charge on any atom is -0.508 e. The van der Waals surface area contributed by atoms with Crippen LogP contribution in [0.2, 0.25) is 0 Å². The minimum atomic E-state index is -3.68. The van der Waals surface area contributed by atoms with Crippen molar-refractivity contribution in [2.75, 3.05) is 6.54 Å². The van der Waals surface area contributed by atoms with Crippen LogP contribution in [0.25, 0.3) is 0 Å². The molecule has 0 heterocycles. The smallest absolute Gasteiger partial charge is 0.240 e. The molecule has 0 radical (unpaired) electrons. The Kier molecular flexibility index (Phi) is 4.59. The van der Waals surface area contributed by atoms with Gasteiger partial charge < -0.3 is 5.11 Å². The van der Waals surface area contributed by atoms with Crippen LogP contribution in [0.15, 0.2) is 47.4 Å². The third-order valence-electron chi connectivity index (χ3n) is 3.12. The lowest BCUT2D eigenvalue weighted by atomic mass is 10.1. The Balaban J connectivity index is 2.05. The number of aromatic hydroxyl groups is 1. The van der Waals surface area contributed by atoms with Gasteiger partial charge in [0.1, 0.15) is 11.6 Å². The fourth-order valence-corrected chi connectivity index (χ4v) is 3.03. The number of nitrogens with one attached hydrogen (secondary N) is 1. The number of hydrogen-bond donors (Lipinski definition) is 2. The first-order valence-electron chi connectivity index (χ1n) is 6.43. The predicted octanol–water partition coefficient (Wildman–Crippen LogP) is 2.36. The van der Waals surface area contributed by atoms with Gasteiger partial charge in [-0.3, -0.25) is 0 Å². The number of hydrogen-bond acceptors (Lipinski definition) is 3. The van der Waals surface area contributed by atoms with E-state index in [0.29, 0.717) is 12.0 Å². The standard InChI is InChI=1S/C15H16FNO3S/c1-11-10-13(6-7-14(11)16)21(19,20)17-9-8-12-4-2-3-5-15(12)18/h2-7,10,17-18H,8-9H2,1H3. The third-order valence-corrected chi connectivity index (χ3v) is 4.58. The van der Waals surface area contributed by atoms with Gasteiger partial charge in [0.05, 0.1) is 4.90 Å². The van der Waals surface area contributed by atoms with Crippen molar-refractivity contribution in [3.05, 3.63) is 59.4 Å². The van der Waals surface area contributed by atoms with E-state index in [1.807, 2.05) is 0 Å². The molecule has 2 N–H and O–H groups in total. The van der Waals surface area contributed by atoms with Crippen LogP contribution in [0, 0.1) is 12.7 Å². The molecule has 0 atom stereocenters. The van der Waals surface area contributed by atoms with E-state index >= 15 is 0 Å². The van der Waals surface area contributed by atoms with E-state index in [1.54, 1.807) is 24.3 Å². The summed E-state index contributed by atoms with van der Waals surface area (Å²) in [4.78, 5) is 0.0266. The number of para-hydroxylation sites is 1. The predicted molar refractivity (Wildman–Crippen MR) is 78.1 cm³/mol. The molecule has 0 unspecified atom stereocenters. The van der Waals surface area contributed by atoms with Crippen LogP contribution < -0.4 is 4.72 Å². The molecule has 0 bridgehead atoms. The van der Waals surface area contributed by atoms with Crippen LogP contribution >= 0.6 is 0 Å². The largest absolute Gasteiger partial charge is 0.508 e. The van der Waals surface area contributed by atoms with Crippen molar-refractivity contribution in [3.8, 4) is 5.75 Å². The van der Waals surface area contributed by atoms with Crippen molar-refractivity contribution in [2.24, 2.45) is 0 Å². The maximum absolute atomic E-state index is 13.2. The van der Waals surface area contributed by atoms with E-state index in [-0.39, 0.29) is 22.8 Å². The summed E-state index contributed by atoms with van der Waals surface area (Å²) < 4.78 is 39.7. The van der Waals surface area contributed by atoms with Gasteiger partial charge in [-0.1, -0.05) is 18.2 Å². The highest BCUT2D eigenvalue weighted by Crippen LogP contribution is 2.17. The average Bonchev–Trinajstić information content (AvgIpc) is 2.44. The van der Waals surface area contributed by atoms with E-state index in [9.17, 15) is 17.9 Å². The lowest BCUT2D eigenvalue weighted by molar-refractivity contribution is 0.467. The van der Waals surface area contributed by atoms with Crippen molar-refractivity contribution in [1.29, 1.82) is 0 Å². The van der Waals surface area contributed by atoms with Crippen LogP contribution in [-0.4, -0.2) is 20.1 Å². The summed E-state index contributed by atoms with van der Waals surface area (Å²) in [6, 6.07) is 10.4. The fourth-order valence-electron chi connectivity index (χ4n) is 1.91. The Morgan fingerprint density at radius 2 is 1.90 bits per heavy atom. The Hall–Kier alpha value is -1.92. The van der Waals surface area contributed by atoms with E-state index < -0.39 is 15.8 Å². The molecule has 0 amide bonds. The SMILES string of the molecule is Cc1cc(S(=O)(=O)NCCc2ccccc2O)ccc1F. The normalized spacial score (nSPS) is 11.5. The van der Waals surface area contributed by atoms with Gasteiger partial charge in [-0.25, -0.2) is 17.5 Å². The van der Waals surface area contributed by atoms with Gasteiger partial charge in [-0.05, 0) is 48.7 Å². The number of halogens is 1. The summed E-state index contributed by atoms with van der Waals surface area (Å²) >= 11 is 0. The molecule has 4 nitrogen and oxygen atoms in total. The van der Waals surface area contributed by atoms with Gasteiger partial charge in [0.25, 0.3) is 0 Å². The van der Waals surface area contributed by atoms with E-state index in [0.717, 1.165) is 6.07 Å². The lowest BCUT2D eigenvalue weighted by Gasteiger charge is -2.08. The van der Waals surface area contributed by atoms with Gasteiger partial charge in [-0.15, -0.1) is 0 Å². The molecule has 2 aromatic carbocycles. The molecule has 0 aliphatic rings. The van der Waals surface area contributed by atoms with E-state index in [2.05, 4.69) is 4.72 Å². The zero-order valence-corrected chi connectivity index (χ0v) is 12.3. The molecular formula is C15H16FNO3S. The number of phenols is 1. The summed E-state index contributed by atoms with van der Waals surface area (Å²) in [5.41, 5.74) is 0.939. The van der Waals surface area contributed by atoms with Crippen molar-refractivity contribution in [2.45, 2.75) is 18.2 Å². The van der Waals surface area contributed by atoms with Gasteiger partial charge in [0, 0.05) is 6.54 Å². The number of phenolic OH excluding ortho intramolecular Hbond substituents is 1. The Morgan fingerprint density at radius 1 is 1.19 bits per heavy atom. The second-order valence-corrected chi connectivity index (χ2v) is 6.45. The molecule has 2 rings (SSSR count). The summed E-state index contributed by atoms with van der Waals surface area (Å²) in [6.45, 7) is 1.66. The molecule has 0 saturated heterocycles. The molecule has 0 aromatic heterocycles. The maximum Gasteiger partial charge on any atom is 0.240 e. The zero-order chi connectivity index (χ0) is 15.5. The van der Waals surface area contributed by atoms with E-state index in [4.69, 9.17) is 0 Å². The molecule has 0 aliphatic heterocycles. The van der Waals surface area contributed by atoms with Crippen LogP contribution in [0.4, 0.5) is 4.39 Å². The minimum absolute atomic E-state index is 0.0266. The average molecular weight is 309 g/mol. The van der Waals surface area contributed by atoms with Gasteiger partial charge >= 0.3 is 0 Å². The highest BCUT2D eigenvalue weighted by atomic mass is 32.2. The number of aryl methyl sites for hydroxylation is 1. The first-order valence-corrected chi connectivity index (χ1v) is 7.91. The van der Waals surface area contributed by atoms with Crippen LogP contribution in [0.5, 0.6) is 5.75 Å². The molecule has 0 fully saturated rings. The first kappa shape index (κ1) is 15.5. The van der Waals surface area contributed by atoms with E-state index in [1.165, 1.54) is 19.1 Å². The fraction of sp³-hybridized carbons (Fsp3) is 0.200. The third kappa shape index (κ3) is 3.80. The van der Waals surface area contributed by atoms with Crippen molar-refractivity contribution in [3.63, 3.8) is 0 Å². The van der Waals surface area contributed by atoms with Crippen molar-refractivity contribution in [1.82, 2.24) is 4.72 Å². The molecular weight excluding hydrogens is 293 g/mol. The molecule has 0 aliphatic carbocycles. The number of benzene rings is 2. The number of rotatable bonds is 5. The second kappa shape index (κ2) is 6.24. The zero-order valence-electron chi connectivity index (χ0n) is 11.5.